The van der Waals surface area contributed by atoms with E-state index in [0.717, 1.165) is 0 Å². The quantitative estimate of drug-likeness (QED) is 0.737. The maximum atomic E-state index is 11.3. The summed E-state index contributed by atoms with van der Waals surface area (Å²) in [5.41, 5.74) is 5.37. The molecule has 1 aromatic rings. The van der Waals surface area contributed by atoms with E-state index in [9.17, 15) is 9.59 Å². The number of esters is 1. The molecule has 0 aromatic carbocycles. The molecule has 1 rings (SSSR count). The Morgan fingerprint density at radius 1 is 1.53 bits per heavy atom. The van der Waals surface area contributed by atoms with E-state index in [1.54, 1.807) is 12.3 Å². The van der Waals surface area contributed by atoms with Crippen LogP contribution in [-0.4, -0.2) is 29.0 Å². The predicted molar refractivity (Wildman–Crippen MR) is 74.0 cm³/mol. The lowest BCUT2D eigenvalue weighted by Gasteiger charge is -2.24. The molecule has 1 heterocycles. The molecule has 0 aliphatic carbocycles. The first kappa shape index (κ1) is 15.4. The maximum Gasteiger partial charge on any atom is 0.311 e. The second kappa shape index (κ2) is 6.51. The zero-order chi connectivity index (χ0) is 14.5. The van der Waals surface area contributed by atoms with Crippen LogP contribution < -0.4 is 11.1 Å². The second-order valence-electron chi connectivity index (χ2n) is 4.78. The molecule has 0 bridgehead atoms. The van der Waals surface area contributed by atoms with Crippen molar-refractivity contribution in [3.05, 3.63) is 11.1 Å². The molecule has 0 aliphatic heterocycles. The molecule has 1 aromatic heterocycles. The van der Waals surface area contributed by atoms with E-state index >= 15 is 0 Å². The van der Waals surface area contributed by atoms with Gasteiger partial charge in [0.1, 0.15) is 0 Å². The van der Waals surface area contributed by atoms with Gasteiger partial charge in [-0.05, 0) is 20.8 Å². The summed E-state index contributed by atoms with van der Waals surface area (Å²) in [5.74, 6) is -0.670. The first-order valence-corrected chi connectivity index (χ1v) is 6.87. The smallest absolute Gasteiger partial charge is 0.311 e. The SMILES string of the molecule is CCOC(=O)Cc1csc(NC(C)(C)CC(N)=O)n1. The van der Waals surface area contributed by atoms with Gasteiger partial charge in [-0.25, -0.2) is 4.98 Å². The van der Waals surface area contributed by atoms with Crippen LogP contribution in [0.5, 0.6) is 0 Å². The van der Waals surface area contributed by atoms with Crippen molar-refractivity contribution in [1.82, 2.24) is 4.98 Å². The Bertz CT molecular complexity index is 457. The Kier molecular flexibility index (Phi) is 5.29. The predicted octanol–water partition coefficient (Wildman–Crippen LogP) is 1.31. The molecular formula is C12H19N3O3S. The van der Waals surface area contributed by atoms with Gasteiger partial charge in [0.25, 0.3) is 0 Å². The number of anilines is 1. The summed E-state index contributed by atoms with van der Waals surface area (Å²) in [6.45, 7) is 5.85. The molecule has 0 aliphatic rings. The molecule has 0 atom stereocenters. The first-order valence-electron chi connectivity index (χ1n) is 5.99. The lowest BCUT2D eigenvalue weighted by Crippen LogP contribution is -2.35. The number of aromatic nitrogens is 1. The van der Waals surface area contributed by atoms with E-state index in [1.165, 1.54) is 11.3 Å². The molecule has 0 unspecified atom stereocenters. The summed E-state index contributed by atoms with van der Waals surface area (Å²) in [4.78, 5) is 26.5. The van der Waals surface area contributed by atoms with Gasteiger partial charge in [0.2, 0.25) is 5.91 Å². The van der Waals surface area contributed by atoms with Gasteiger partial charge in [0.15, 0.2) is 5.13 Å². The van der Waals surface area contributed by atoms with Crippen LogP contribution in [0.25, 0.3) is 0 Å². The Labute approximate surface area is 116 Å². The van der Waals surface area contributed by atoms with Crippen molar-refractivity contribution in [2.24, 2.45) is 5.73 Å². The highest BCUT2D eigenvalue weighted by molar-refractivity contribution is 7.13. The van der Waals surface area contributed by atoms with Crippen molar-refractivity contribution in [1.29, 1.82) is 0 Å². The third-order valence-electron chi connectivity index (χ3n) is 2.24. The minimum atomic E-state index is -0.467. The molecule has 0 fully saturated rings. The van der Waals surface area contributed by atoms with Crippen molar-refractivity contribution in [3.63, 3.8) is 0 Å². The monoisotopic (exact) mass is 285 g/mol. The minimum absolute atomic E-state index is 0.155. The van der Waals surface area contributed by atoms with E-state index in [1.807, 2.05) is 13.8 Å². The number of nitrogens with two attached hydrogens (primary N) is 1. The van der Waals surface area contributed by atoms with Crippen LogP contribution in [-0.2, 0) is 20.7 Å². The molecular weight excluding hydrogens is 266 g/mol. The van der Waals surface area contributed by atoms with Crippen LogP contribution in [0.1, 0.15) is 32.9 Å². The Morgan fingerprint density at radius 3 is 2.79 bits per heavy atom. The number of hydrogen-bond donors (Lipinski definition) is 2. The summed E-state index contributed by atoms with van der Waals surface area (Å²) in [6.07, 6.45) is 0.363. The number of rotatable bonds is 7. The number of ether oxygens (including phenoxy) is 1. The van der Waals surface area contributed by atoms with E-state index < -0.39 is 5.54 Å². The van der Waals surface area contributed by atoms with Gasteiger partial charge >= 0.3 is 5.97 Å². The Balaban J connectivity index is 2.59. The van der Waals surface area contributed by atoms with Gasteiger partial charge in [-0.15, -0.1) is 11.3 Å². The zero-order valence-electron chi connectivity index (χ0n) is 11.4. The fourth-order valence-corrected chi connectivity index (χ4v) is 2.46. The van der Waals surface area contributed by atoms with Crippen LogP contribution >= 0.6 is 11.3 Å². The molecule has 0 saturated carbocycles. The topological polar surface area (TPSA) is 94.3 Å². The fourth-order valence-electron chi connectivity index (χ4n) is 1.57. The van der Waals surface area contributed by atoms with Gasteiger partial charge in [-0.2, -0.15) is 0 Å². The Hall–Kier alpha value is -1.63. The van der Waals surface area contributed by atoms with Crippen LogP contribution in [0.15, 0.2) is 5.38 Å². The highest BCUT2D eigenvalue weighted by Gasteiger charge is 2.21. The van der Waals surface area contributed by atoms with Crippen LogP contribution in [0.2, 0.25) is 0 Å². The van der Waals surface area contributed by atoms with E-state index in [0.29, 0.717) is 17.4 Å². The van der Waals surface area contributed by atoms with Gasteiger partial charge in [-0.3, -0.25) is 9.59 Å². The number of thiazole rings is 1. The molecule has 0 saturated heterocycles. The number of hydrogen-bond acceptors (Lipinski definition) is 6. The molecule has 106 valence electrons. The summed E-state index contributed by atoms with van der Waals surface area (Å²) in [7, 11) is 0. The fraction of sp³-hybridized carbons (Fsp3) is 0.583. The van der Waals surface area contributed by atoms with Gasteiger partial charge in [-0.1, -0.05) is 0 Å². The molecule has 7 heteroatoms. The maximum absolute atomic E-state index is 11.3. The normalized spacial score (nSPS) is 11.1. The standard InChI is InChI=1S/C12H19N3O3S/c1-4-18-10(17)5-8-7-19-11(14-8)15-12(2,3)6-9(13)16/h7H,4-6H2,1-3H3,(H2,13,16)(H,14,15). The molecule has 19 heavy (non-hydrogen) atoms. The second-order valence-corrected chi connectivity index (χ2v) is 5.64. The number of carbonyl (C=O) groups is 2. The average molecular weight is 285 g/mol. The number of carbonyl (C=O) groups excluding carboxylic acids is 2. The first-order chi connectivity index (χ1) is 8.82. The van der Waals surface area contributed by atoms with Crippen molar-refractivity contribution >= 4 is 28.3 Å². The molecule has 0 spiro atoms. The van der Waals surface area contributed by atoms with Crippen LogP contribution in [0.3, 0.4) is 0 Å². The van der Waals surface area contributed by atoms with E-state index in [4.69, 9.17) is 10.5 Å². The lowest BCUT2D eigenvalue weighted by atomic mass is 10.0. The Morgan fingerprint density at radius 2 is 2.21 bits per heavy atom. The van der Waals surface area contributed by atoms with Crippen molar-refractivity contribution in [2.75, 3.05) is 11.9 Å². The summed E-state index contributed by atoms with van der Waals surface area (Å²) in [5, 5.41) is 5.58. The third-order valence-corrected chi connectivity index (χ3v) is 3.05. The largest absolute Gasteiger partial charge is 0.466 e. The highest BCUT2D eigenvalue weighted by Crippen LogP contribution is 2.22. The summed E-state index contributed by atoms with van der Waals surface area (Å²) >= 11 is 1.38. The van der Waals surface area contributed by atoms with Gasteiger partial charge in [0.05, 0.1) is 18.7 Å². The number of nitrogens with one attached hydrogen (secondary N) is 1. The molecule has 6 nitrogen and oxygen atoms in total. The summed E-state index contributed by atoms with van der Waals surface area (Å²) < 4.78 is 4.85. The van der Waals surface area contributed by atoms with Crippen molar-refractivity contribution in [2.45, 2.75) is 39.2 Å². The number of amides is 1. The minimum Gasteiger partial charge on any atom is -0.466 e. The van der Waals surface area contributed by atoms with Gasteiger partial charge in [0, 0.05) is 17.3 Å². The lowest BCUT2D eigenvalue weighted by molar-refractivity contribution is -0.142. The molecule has 3 N–H and O–H groups in total. The van der Waals surface area contributed by atoms with Crippen LogP contribution in [0, 0.1) is 0 Å². The van der Waals surface area contributed by atoms with E-state index in [2.05, 4.69) is 10.3 Å². The number of primary amides is 1. The number of nitrogens with zero attached hydrogens (tertiary/aromatic N) is 1. The molecule has 1 amide bonds. The van der Waals surface area contributed by atoms with Crippen molar-refractivity contribution < 1.29 is 14.3 Å². The molecule has 0 radical (unpaired) electrons. The van der Waals surface area contributed by atoms with E-state index in [-0.39, 0.29) is 24.7 Å². The van der Waals surface area contributed by atoms with Crippen LogP contribution in [0.4, 0.5) is 5.13 Å². The zero-order valence-corrected chi connectivity index (χ0v) is 12.2. The van der Waals surface area contributed by atoms with Gasteiger partial charge < -0.3 is 15.8 Å². The highest BCUT2D eigenvalue weighted by atomic mass is 32.1. The third kappa shape index (κ3) is 5.69. The van der Waals surface area contributed by atoms with Crippen molar-refractivity contribution in [3.8, 4) is 0 Å². The summed E-state index contributed by atoms with van der Waals surface area (Å²) in [6, 6.07) is 0. The average Bonchev–Trinajstić information content (AvgIpc) is 2.62.